The Balaban J connectivity index is 1.59. The van der Waals surface area contributed by atoms with Crippen LogP contribution < -0.4 is 14.2 Å². The van der Waals surface area contributed by atoms with Gasteiger partial charge >= 0.3 is 0 Å². The van der Waals surface area contributed by atoms with Crippen LogP contribution in [0.1, 0.15) is 54.4 Å². The van der Waals surface area contributed by atoms with E-state index in [1.807, 2.05) is 24.3 Å². The smallest absolute Gasteiger partial charge is 0.231 e. The fourth-order valence-electron chi connectivity index (χ4n) is 4.62. The number of fused-ring (bicyclic) bond motifs is 4. The third kappa shape index (κ3) is 3.22. The number of rotatable bonds is 3. The zero-order chi connectivity index (χ0) is 19.3. The summed E-state index contributed by atoms with van der Waals surface area (Å²) in [5.74, 6) is 1.91. The minimum Gasteiger partial charge on any atom is -0.454 e. The molecule has 2 heterocycles. The second-order valence-corrected chi connectivity index (χ2v) is 9.53. The SMILES string of the molecule is CS(=O)(=O)Nc1cccc([C@@H]2O[C@H]3CCCC[C@@H]3c3cc4c(cc32)OCO4)c1. The molecule has 1 saturated carbocycles. The Morgan fingerprint density at radius 2 is 1.75 bits per heavy atom. The van der Waals surface area contributed by atoms with Crippen LogP contribution in [0.15, 0.2) is 36.4 Å². The van der Waals surface area contributed by atoms with Crippen molar-refractivity contribution in [1.82, 2.24) is 0 Å². The first-order valence-corrected chi connectivity index (χ1v) is 11.5. The first-order chi connectivity index (χ1) is 13.5. The monoisotopic (exact) mass is 401 g/mol. The molecule has 0 saturated heterocycles. The summed E-state index contributed by atoms with van der Waals surface area (Å²) >= 11 is 0. The molecule has 2 aromatic carbocycles. The molecule has 148 valence electrons. The number of anilines is 1. The van der Waals surface area contributed by atoms with Crippen LogP contribution in [-0.2, 0) is 14.8 Å². The van der Waals surface area contributed by atoms with Crippen LogP contribution >= 0.6 is 0 Å². The van der Waals surface area contributed by atoms with Crippen LogP contribution in [0.5, 0.6) is 11.5 Å². The average Bonchev–Trinajstić information content (AvgIpc) is 3.12. The number of nitrogens with one attached hydrogen (secondary N) is 1. The summed E-state index contributed by atoms with van der Waals surface area (Å²) in [5.41, 5.74) is 3.82. The van der Waals surface area contributed by atoms with Gasteiger partial charge in [0.05, 0.1) is 12.4 Å². The molecule has 3 atom stereocenters. The Labute approximate surface area is 164 Å². The molecule has 0 aromatic heterocycles. The summed E-state index contributed by atoms with van der Waals surface area (Å²) in [6.45, 7) is 0.242. The lowest BCUT2D eigenvalue weighted by Gasteiger charge is -2.41. The molecule has 0 amide bonds. The van der Waals surface area contributed by atoms with Gasteiger partial charge in [-0.05, 0) is 53.8 Å². The van der Waals surface area contributed by atoms with Gasteiger partial charge in [0.1, 0.15) is 6.10 Å². The van der Waals surface area contributed by atoms with Gasteiger partial charge in [0.2, 0.25) is 16.8 Å². The van der Waals surface area contributed by atoms with Gasteiger partial charge in [-0.2, -0.15) is 0 Å². The lowest BCUT2D eigenvalue weighted by Crippen LogP contribution is -2.33. The summed E-state index contributed by atoms with van der Waals surface area (Å²) in [7, 11) is -3.34. The van der Waals surface area contributed by atoms with Crippen LogP contribution in [0.2, 0.25) is 0 Å². The molecule has 7 heteroatoms. The van der Waals surface area contributed by atoms with Gasteiger partial charge in [0, 0.05) is 11.6 Å². The van der Waals surface area contributed by atoms with E-state index in [1.165, 1.54) is 18.4 Å². The van der Waals surface area contributed by atoms with E-state index >= 15 is 0 Å². The third-order valence-electron chi connectivity index (χ3n) is 5.77. The Morgan fingerprint density at radius 3 is 2.54 bits per heavy atom. The minimum atomic E-state index is -3.34. The molecule has 2 aliphatic heterocycles. The maximum absolute atomic E-state index is 11.6. The molecular formula is C21H23NO5S. The molecule has 0 spiro atoms. The topological polar surface area (TPSA) is 73.9 Å². The zero-order valence-electron chi connectivity index (χ0n) is 15.7. The molecule has 5 rings (SSSR count). The number of hydrogen-bond acceptors (Lipinski definition) is 5. The second kappa shape index (κ2) is 6.67. The van der Waals surface area contributed by atoms with Crippen LogP contribution in [0.4, 0.5) is 5.69 Å². The molecule has 3 aliphatic rings. The lowest BCUT2D eigenvalue weighted by atomic mass is 9.76. The molecule has 1 N–H and O–H groups in total. The molecule has 6 nitrogen and oxygen atoms in total. The van der Waals surface area contributed by atoms with Crippen molar-refractivity contribution in [2.75, 3.05) is 17.8 Å². The van der Waals surface area contributed by atoms with E-state index < -0.39 is 10.0 Å². The maximum atomic E-state index is 11.6. The fourth-order valence-corrected chi connectivity index (χ4v) is 5.18. The highest BCUT2D eigenvalue weighted by molar-refractivity contribution is 7.92. The van der Waals surface area contributed by atoms with Gasteiger partial charge < -0.3 is 14.2 Å². The van der Waals surface area contributed by atoms with Crippen LogP contribution in [-0.4, -0.2) is 27.6 Å². The van der Waals surface area contributed by atoms with Crippen LogP contribution in [0.25, 0.3) is 0 Å². The van der Waals surface area contributed by atoms with Crippen molar-refractivity contribution in [1.29, 1.82) is 0 Å². The van der Waals surface area contributed by atoms with Crippen molar-refractivity contribution in [2.24, 2.45) is 0 Å². The lowest BCUT2D eigenvalue weighted by molar-refractivity contribution is -0.0389. The summed E-state index contributed by atoms with van der Waals surface area (Å²) in [4.78, 5) is 0. The number of sulfonamides is 1. The standard InChI is InChI=1S/C21H23NO5S/c1-28(23,24)22-14-6-4-5-13(9-14)21-17-11-20-19(25-12-26-20)10-16(17)15-7-2-3-8-18(15)27-21/h4-6,9-11,15,18,21-22H,2-3,7-8,12H2,1H3/t15-,18+,21+/m1/s1. The highest BCUT2D eigenvalue weighted by atomic mass is 32.2. The second-order valence-electron chi connectivity index (χ2n) is 7.78. The van der Waals surface area contributed by atoms with Crippen molar-refractivity contribution in [3.05, 3.63) is 53.1 Å². The van der Waals surface area contributed by atoms with Crippen molar-refractivity contribution in [2.45, 2.75) is 43.8 Å². The van der Waals surface area contributed by atoms with Gasteiger partial charge in [-0.15, -0.1) is 0 Å². The Morgan fingerprint density at radius 1 is 1.00 bits per heavy atom. The van der Waals surface area contributed by atoms with E-state index in [0.29, 0.717) is 11.6 Å². The van der Waals surface area contributed by atoms with Gasteiger partial charge in [-0.25, -0.2) is 8.42 Å². The first kappa shape index (κ1) is 17.8. The van der Waals surface area contributed by atoms with Crippen molar-refractivity contribution >= 4 is 15.7 Å². The fraction of sp³-hybridized carbons (Fsp3) is 0.429. The molecule has 1 fully saturated rings. The van der Waals surface area contributed by atoms with Gasteiger partial charge in [0.15, 0.2) is 11.5 Å². The van der Waals surface area contributed by atoms with Crippen molar-refractivity contribution in [3.8, 4) is 11.5 Å². The highest BCUT2D eigenvalue weighted by Gasteiger charge is 2.39. The van der Waals surface area contributed by atoms with Gasteiger partial charge in [0.25, 0.3) is 0 Å². The van der Waals surface area contributed by atoms with Crippen molar-refractivity contribution < 1.29 is 22.6 Å². The third-order valence-corrected chi connectivity index (χ3v) is 6.37. The molecular weight excluding hydrogens is 378 g/mol. The van der Waals surface area contributed by atoms with E-state index in [4.69, 9.17) is 14.2 Å². The van der Waals surface area contributed by atoms with Gasteiger partial charge in [-0.3, -0.25) is 4.72 Å². The van der Waals surface area contributed by atoms with E-state index in [0.717, 1.165) is 41.7 Å². The molecule has 0 radical (unpaired) electrons. The molecule has 0 bridgehead atoms. The van der Waals surface area contributed by atoms with E-state index in [-0.39, 0.29) is 19.0 Å². The summed E-state index contributed by atoms with van der Waals surface area (Å²) < 4.78 is 43.6. The predicted octanol–water partition coefficient (Wildman–Crippen LogP) is 3.93. The molecule has 0 unspecified atom stereocenters. The Bertz CT molecular complexity index is 1020. The van der Waals surface area contributed by atoms with Gasteiger partial charge in [-0.1, -0.05) is 25.0 Å². The van der Waals surface area contributed by atoms with E-state index in [1.54, 1.807) is 6.07 Å². The van der Waals surface area contributed by atoms with E-state index in [9.17, 15) is 8.42 Å². The quantitative estimate of drug-likeness (QED) is 0.843. The van der Waals surface area contributed by atoms with E-state index in [2.05, 4.69) is 10.8 Å². The minimum absolute atomic E-state index is 0.165. The predicted molar refractivity (Wildman–Crippen MR) is 105 cm³/mol. The number of ether oxygens (including phenoxy) is 3. The Kier molecular flexibility index (Phi) is 4.25. The first-order valence-electron chi connectivity index (χ1n) is 9.64. The average molecular weight is 401 g/mol. The van der Waals surface area contributed by atoms with Crippen LogP contribution in [0, 0.1) is 0 Å². The summed E-state index contributed by atoms with van der Waals surface area (Å²) in [6.07, 6.45) is 5.58. The molecule has 28 heavy (non-hydrogen) atoms. The Hall–Kier alpha value is -2.25. The zero-order valence-corrected chi connectivity index (χ0v) is 16.5. The largest absolute Gasteiger partial charge is 0.454 e. The van der Waals surface area contributed by atoms with Crippen LogP contribution in [0.3, 0.4) is 0 Å². The molecule has 1 aliphatic carbocycles. The normalized spacial score (nSPS) is 25.7. The summed E-state index contributed by atoms with van der Waals surface area (Å²) in [6, 6.07) is 11.6. The highest BCUT2D eigenvalue weighted by Crippen LogP contribution is 2.50. The summed E-state index contributed by atoms with van der Waals surface area (Å²) in [5, 5.41) is 0. The maximum Gasteiger partial charge on any atom is 0.231 e. The number of hydrogen-bond donors (Lipinski definition) is 1. The van der Waals surface area contributed by atoms with Crippen molar-refractivity contribution in [3.63, 3.8) is 0 Å². The molecule has 2 aromatic rings. The number of benzene rings is 2.